The third-order valence-corrected chi connectivity index (χ3v) is 2.37. The molecule has 0 amide bonds. The molecule has 2 rings (SSSR count). The Morgan fingerprint density at radius 3 is 2.58 bits per heavy atom. The molecule has 0 unspecified atom stereocenters. The van der Waals surface area contributed by atoms with E-state index < -0.39 is 11.6 Å². The van der Waals surface area contributed by atoms with Crippen LogP contribution in [0.4, 0.5) is 8.78 Å². The summed E-state index contributed by atoms with van der Waals surface area (Å²) >= 11 is 9.93. The molecular formula is C13H8BrClF2OZn. The van der Waals surface area contributed by atoms with Crippen LogP contribution < -0.4 is 4.74 Å². The molecule has 2 aromatic rings. The SMILES string of the molecule is Fc1ccc(F)c(COc2[c-]cc(Cl)cc2)c1.[Zn+][Br]. The predicted molar refractivity (Wildman–Crippen MR) is 69.9 cm³/mol. The van der Waals surface area contributed by atoms with Gasteiger partial charge in [0.05, 0.1) is 0 Å². The van der Waals surface area contributed by atoms with Gasteiger partial charge >= 0.3 is 30.0 Å². The van der Waals surface area contributed by atoms with Crippen molar-refractivity contribution in [3.63, 3.8) is 0 Å². The third kappa shape index (κ3) is 5.56. The summed E-state index contributed by atoms with van der Waals surface area (Å²) < 4.78 is 31.4. The molecule has 19 heavy (non-hydrogen) atoms. The zero-order valence-corrected chi connectivity index (χ0v) is 15.1. The number of rotatable bonds is 3. The van der Waals surface area contributed by atoms with Crippen molar-refractivity contribution in [3.8, 4) is 5.75 Å². The van der Waals surface area contributed by atoms with Crippen molar-refractivity contribution in [2.75, 3.05) is 0 Å². The Balaban J connectivity index is 0.000000861. The summed E-state index contributed by atoms with van der Waals surface area (Å²) in [4.78, 5) is 0. The van der Waals surface area contributed by atoms with Crippen LogP contribution in [0, 0.1) is 17.7 Å². The minimum atomic E-state index is -0.500. The second-order valence-corrected chi connectivity index (χ2v) is 3.83. The molecule has 0 heterocycles. The van der Waals surface area contributed by atoms with Crippen molar-refractivity contribution in [1.29, 1.82) is 0 Å². The number of hydrogen-bond acceptors (Lipinski definition) is 1. The van der Waals surface area contributed by atoms with E-state index in [0.29, 0.717) is 10.8 Å². The average molecular weight is 399 g/mol. The van der Waals surface area contributed by atoms with Crippen LogP contribution in [0.3, 0.4) is 0 Å². The van der Waals surface area contributed by atoms with E-state index in [9.17, 15) is 8.78 Å². The fourth-order valence-electron chi connectivity index (χ4n) is 1.29. The van der Waals surface area contributed by atoms with E-state index in [2.05, 4.69) is 19.7 Å². The summed E-state index contributed by atoms with van der Waals surface area (Å²) in [6, 6.07) is 10.8. The zero-order chi connectivity index (χ0) is 14.3. The second-order valence-electron chi connectivity index (χ2n) is 3.40. The van der Waals surface area contributed by atoms with Crippen molar-refractivity contribution < 1.29 is 29.9 Å². The number of ether oxygens (including phenoxy) is 1. The average Bonchev–Trinajstić information content (AvgIpc) is 2.44. The molecule has 0 atom stereocenters. The molecule has 0 saturated heterocycles. The van der Waals surface area contributed by atoms with Gasteiger partial charge in [-0.2, -0.15) is 23.7 Å². The Hall–Kier alpha value is -0.507. The van der Waals surface area contributed by atoms with E-state index in [1.807, 2.05) is 0 Å². The van der Waals surface area contributed by atoms with Crippen LogP contribution in [0.5, 0.6) is 5.75 Å². The van der Waals surface area contributed by atoms with E-state index in [4.69, 9.17) is 16.3 Å². The van der Waals surface area contributed by atoms with Gasteiger partial charge < -0.3 is 4.74 Å². The van der Waals surface area contributed by atoms with E-state index in [1.54, 1.807) is 18.2 Å². The number of hydrogen-bond donors (Lipinski definition) is 0. The molecule has 0 saturated carbocycles. The first kappa shape index (κ1) is 16.5. The molecule has 2 aromatic carbocycles. The van der Waals surface area contributed by atoms with Gasteiger partial charge in [0.25, 0.3) is 0 Å². The molecule has 0 fully saturated rings. The van der Waals surface area contributed by atoms with Gasteiger partial charge in [-0.3, -0.25) is 0 Å². The van der Waals surface area contributed by atoms with E-state index in [-0.39, 0.29) is 12.2 Å². The van der Waals surface area contributed by atoms with Crippen LogP contribution in [0.2, 0.25) is 5.02 Å². The standard InChI is InChI=1S/C13H8ClF2O.BrH.Zn/c14-10-1-4-12(5-2-10)17-8-9-7-11(15)3-6-13(9)16;;/h1-4,6-7H,8H2;1H;/q-1;;+2/p-1. The number of halogens is 4. The summed E-state index contributed by atoms with van der Waals surface area (Å²) in [7, 11) is 0. The van der Waals surface area contributed by atoms with Crippen LogP contribution in [0.25, 0.3) is 0 Å². The van der Waals surface area contributed by atoms with Crippen LogP contribution in [0.15, 0.2) is 36.4 Å². The van der Waals surface area contributed by atoms with Gasteiger partial charge in [-0.05, 0) is 18.2 Å². The Bertz CT molecular complexity index is 523. The van der Waals surface area contributed by atoms with Crippen LogP contribution in [0.1, 0.15) is 5.56 Å². The van der Waals surface area contributed by atoms with Crippen molar-refractivity contribution in [1.82, 2.24) is 0 Å². The first-order valence-corrected chi connectivity index (χ1v) is 12.5. The Morgan fingerprint density at radius 1 is 1.21 bits per heavy atom. The fraction of sp³-hybridized carbons (Fsp3) is 0.0769. The summed E-state index contributed by atoms with van der Waals surface area (Å²) in [5.74, 6) is -0.566. The molecule has 1 nitrogen and oxygen atoms in total. The molecule has 0 radical (unpaired) electrons. The maximum atomic E-state index is 13.3. The molecule has 0 aliphatic heterocycles. The van der Waals surface area contributed by atoms with Crippen LogP contribution >= 0.6 is 25.2 Å². The van der Waals surface area contributed by atoms with Crippen LogP contribution in [-0.2, 0) is 22.9 Å². The molecule has 0 bridgehead atoms. The Kier molecular flexibility index (Phi) is 7.51. The molecule has 96 valence electrons. The fourth-order valence-corrected chi connectivity index (χ4v) is 1.41. The van der Waals surface area contributed by atoms with Gasteiger partial charge in [0.2, 0.25) is 0 Å². The van der Waals surface area contributed by atoms with E-state index >= 15 is 0 Å². The monoisotopic (exact) mass is 396 g/mol. The normalized spacial score (nSPS) is 9.58. The Labute approximate surface area is 132 Å². The molecule has 0 aromatic heterocycles. The van der Waals surface area contributed by atoms with Crippen molar-refractivity contribution in [3.05, 3.63) is 64.7 Å². The van der Waals surface area contributed by atoms with Gasteiger partial charge in [0.15, 0.2) is 0 Å². The van der Waals surface area contributed by atoms with Gasteiger partial charge in [-0.25, -0.2) is 8.78 Å². The summed E-state index contributed by atoms with van der Waals surface area (Å²) in [6.45, 7) is -0.0538. The summed E-state index contributed by atoms with van der Waals surface area (Å²) in [6.07, 6.45) is 0. The van der Waals surface area contributed by atoms with Gasteiger partial charge in [-0.1, -0.05) is 5.02 Å². The van der Waals surface area contributed by atoms with Gasteiger partial charge in [0.1, 0.15) is 18.2 Å². The molecule has 6 heteroatoms. The second kappa shape index (κ2) is 8.62. The first-order valence-electron chi connectivity index (χ1n) is 5.16. The van der Waals surface area contributed by atoms with Crippen molar-refractivity contribution in [2.24, 2.45) is 0 Å². The molecule has 0 spiro atoms. The Morgan fingerprint density at radius 2 is 1.95 bits per heavy atom. The van der Waals surface area contributed by atoms with E-state index in [0.717, 1.165) is 18.2 Å². The van der Waals surface area contributed by atoms with Crippen molar-refractivity contribution >= 4 is 25.2 Å². The minimum absolute atomic E-state index is 0.0538. The van der Waals surface area contributed by atoms with Gasteiger partial charge in [-0.15, -0.1) is 12.1 Å². The summed E-state index contributed by atoms with van der Waals surface area (Å²) in [5.41, 5.74) is 0.161. The molecule has 0 N–H and O–H groups in total. The topological polar surface area (TPSA) is 9.23 Å². The predicted octanol–water partition coefficient (Wildman–Crippen LogP) is 4.84. The third-order valence-electron chi connectivity index (χ3n) is 2.14. The maximum absolute atomic E-state index is 13.3. The first-order chi connectivity index (χ1) is 9.15. The zero-order valence-electron chi connectivity index (χ0n) is 9.80. The number of benzene rings is 2. The van der Waals surface area contributed by atoms with Crippen molar-refractivity contribution in [2.45, 2.75) is 6.61 Å². The molecular weight excluding hydrogens is 391 g/mol. The summed E-state index contributed by atoms with van der Waals surface area (Å²) in [5, 5.41) is 0.536. The van der Waals surface area contributed by atoms with Gasteiger partial charge in [0, 0.05) is 11.3 Å². The van der Waals surface area contributed by atoms with E-state index in [1.165, 1.54) is 16.3 Å². The van der Waals surface area contributed by atoms with Crippen LogP contribution in [-0.4, -0.2) is 0 Å². The molecule has 0 aliphatic rings. The molecule has 0 aliphatic carbocycles. The quantitative estimate of drug-likeness (QED) is 0.531.